The van der Waals surface area contributed by atoms with Crippen molar-refractivity contribution in [1.29, 1.82) is 0 Å². The van der Waals surface area contributed by atoms with Gasteiger partial charge in [-0.2, -0.15) is 11.8 Å². The number of carboxylic acid groups (broad SMARTS) is 1. The molecule has 154 valence electrons. The van der Waals surface area contributed by atoms with Gasteiger partial charge in [0.1, 0.15) is 24.2 Å². The van der Waals surface area contributed by atoms with Gasteiger partial charge in [0.05, 0.1) is 6.42 Å². The van der Waals surface area contributed by atoms with Crippen LogP contribution in [0.1, 0.15) is 33.6 Å². The van der Waals surface area contributed by atoms with Crippen LogP contribution in [0.5, 0.6) is 0 Å². The summed E-state index contributed by atoms with van der Waals surface area (Å²) in [7, 11) is 0. The van der Waals surface area contributed by atoms with Gasteiger partial charge in [0.25, 0.3) is 0 Å². The maximum absolute atomic E-state index is 12.4. The molecule has 2 atom stereocenters. The molecular formula is C16H27N3O7S. The Bertz CT molecular complexity index is 549. The molecular weight excluding hydrogens is 378 g/mol. The minimum absolute atomic E-state index is 0.321. The molecule has 0 radical (unpaired) electrons. The zero-order valence-corrected chi connectivity index (χ0v) is 16.7. The van der Waals surface area contributed by atoms with Gasteiger partial charge in [-0.15, -0.1) is 0 Å². The fourth-order valence-electron chi connectivity index (χ4n) is 1.93. The van der Waals surface area contributed by atoms with Crippen molar-refractivity contribution in [3.63, 3.8) is 0 Å². The van der Waals surface area contributed by atoms with Crippen molar-refractivity contribution in [3.05, 3.63) is 0 Å². The Morgan fingerprint density at radius 1 is 1.15 bits per heavy atom. The Morgan fingerprint density at radius 3 is 2.26 bits per heavy atom. The molecule has 0 aromatic rings. The van der Waals surface area contributed by atoms with Crippen LogP contribution in [0, 0.1) is 0 Å². The summed E-state index contributed by atoms with van der Waals surface area (Å²) in [6.45, 7) is 4.28. The smallest absolute Gasteiger partial charge is 0.322 e. The van der Waals surface area contributed by atoms with Gasteiger partial charge in [-0.05, 0) is 39.2 Å². The van der Waals surface area contributed by atoms with Gasteiger partial charge in [-0.1, -0.05) is 0 Å². The molecule has 0 spiro atoms. The third-order valence-corrected chi connectivity index (χ3v) is 3.68. The SMILES string of the molecule is CSCC[C@H](NC=O)C(=O)N[C@@H](CC(=O)OC(C)(C)C)C(=O)NCC(=O)O. The number of thioether (sulfide) groups is 1. The van der Waals surface area contributed by atoms with E-state index in [9.17, 15) is 24.0 Å². The van der Waals surface area contributed by atoms with Crippen LogP contribution in [-0.2, 0) is 28.7 Å². The Morgan fingerprint density at radius 2 is 1.78 bits per heavy atom. The lowest BCUT2D eigenvalue weighted by atomic mass is 10.1. The number of carbonyl (C=O) groups excluding carboxylic acids is 4. The van der Waals surface area contributed by atoms with Crippen molar-refractivity contribution in [2.45, 2.75) is 51.3 Å². The third kappa shape index (κ3) is 11.8. The number of nitrogens with one attached hydrogen (secondary N) is 3. The largest absolute Gasteiger partial charge is 0.480 e. The minimum atomic E-state index is -1.34. The van der Waals surface area contributed by atoms with Crippen LogP contribution in [0.3, 0.4) is 0 Å². The van der Waals surface area contributed by atoms with Crippen molar-refractivity contribution in [3.8, 4) is 0 Å². The van der Waals surface area contributed by atoms with Gasteiger partial charge in [-0.25, -0.2) is 0 Å². The molecule has 10 nitrogen and oxygen atoms in total. The number of ether oxygens (including phenoxy) is 1. The fourth-order valence-corrected chi connectivity index (χ4v) is 2.40. The molecule has 0 bridgehead atoms. The number of hydrogen-bond acceptors (Lipinski definition) is 7. The molecule has 0 heterocycles. The highest BCUT2D eigenvalue weighted by atomic mass is 32.2. The maximum Gasteiger partial charge on any atom is 0.322 e. The molecule has 0 aliphatic carbocycles. The average molecular weight is 405 g/mol. The summed E-state index contributed by atoms with van der Waals surface area (Å²) in [6.07, 6.45) is 2.05. The third-order valence-electron chi connectivity index (χ3n) is 3.03. The molecule has 11 heteroatoms. The highest BCUT2D eigenvalue weighted by molar-refractivity contribution is 7.98. The lowest BCUT2D eigenvalue weighted by molar-refractivity contribution is -0.156. The fraction of sp³-hybridized carbons (Fsp3) is 0.688. The maximum atomic E-state index is 12.4. The van der Waals surface area contributed by atoms with Crippen LogP contribution in [0.25, 0.3) is 0 Å². The van der Waals surface area contributed by atoms with Gasteiger partial charge in [0, 0.05) is 0 Å². The van der Waals surface area contributed by atoms with Crippen LogP contribution in [0.4, 0.5) is 0 Å². The zero-order valence-electron chi connectivity index (χ0n) is 15.9. The summed E-state index contributed by atoms with van der Waals surface area (Å²) in [6, 6.07) is -2.22. The molecule has 3 amide bonds. The first-order valence-electron chi connectivity index (χ1n) is 8.20. The van der Waals surface area contributed by atoms with Crippen LogP contribution >= 0.6 is 11.8 Å². The van der Waals surface area contributed by atoms with Gasteiger partial charge in [0.15, 0.2) is 0 Å². The van der Waals surface area contributed by atoms with Crippen LogP contribution in [-0.4, -0.2) is 71.5 Å². The summed E-state index contributed by atoms with van der Waals surface area (Å²) in [5.74, 6) is -2.92. The Hall–Kier alpha value is -2.30. The first-order chi connectivity index (χ1) is 12.5. The quantitative estimate of drug-likeness (QED) is 0.245. The molecule has 0 aliphatic heterocycles. The number of rotatable bonds is 12. The van der Waals surface area contributed by atoms with E-state index in [1.54, 1.807) is 20.8 Å². The van der Waals surface area contributed by atoms with Crippen molar-refractivity contribution >= 4 is 41.9 Å². The van der Waals surface area contributed by atoms with Gasteiger partial charge < -0.3 is 25.8 Å². The molecule has 0 saturated heterocycles. The molecule has 0 saturated carbocycles. The van der Waals surface area contributed by atoms with Crippen LogP contribution in [0.2, 0.25) is 0 Å². The predicted octanol–water partition coefficient (Wildman–Crippen LogP) is -0.728. The molecule has 0 rings (SSSR count). The highest BCUT2D eigenvalue weighted by Crippen LogP contribution is 2.10. The summed E-state index contributed by atoms with van der Waals surface area (Å²) >= 11 is 1.47. The molecule has 0 aliphatic rings. The van der Waals surface area contributed by atoms with E-state index in [0.717, 1.165) is 0 Å². The van der Waals surface area contributed by atoms with Crippen molar-refractivity contribution in [2.75, 3.05) is 18.6 Å². The number of esters is 1. The normalized spacial score (nSPS) is 13.0. The molecule has 0 aromatic heterocycles. The second-order valence-electron chi connectivity index (χ2n) is 6.58. The number of aliphatic carboxylic acids is 1. The summed E-state index contributed by atoms with van der Waals surface area (Å²) in [5.41, 5.74) is -0.789. The summed E-state index contributed by atoms with van der Waals surface area (Å²) < 4.78 is 5.14. The van der Waals surface area contributed by atoms with Crippen molar-refractivity contribution in [2.24, 2.45) is 0 Å². The monoisotopic (exact) mass is 405 g/mol. The number of carboxylic acids is 1. The standard InChI is InChI=1S/C16H27N3O7S/c1-16(2,3)26-13(23)7-11(14(24)17-8-12(21)22)19-15(25)10(18-9-20)5-6-27-4/h9-11H,5-8H2,1-4H3,(H,17,24)(H,18,20)(H,19,25)(H,21,22)/t10-,11-/m0/s1. The van der Waals surface area contributed by atoms with Crippen molar-refractivity contribution < 1.29 is 33.8 Å². The molecule has 0 aromatic carbocycles. The number of carbonyl (C=O) groups is 5. The minimum Gasteiger partial charge on any atom is -0.480 e. The van der Waals surface area contributed by atoms with E-state index < -0.39 is 54.4 Å². The highest BCUT2D eigenvalue weighted by Gasteiger charge is 2.29. The Balaban J connectivity index is 5.16. The second-order valence-corrected chi connectivity index (χ2v) is 7.57. The van der Waals surface area contributed by atoms with Gasteiger partial charge >= 0.3 is 11.9 Å². The van der Waals surface area contributed by atoms with Gasteiger partial charge in [-0.3, -0.25) is 24.0 Å². The van der Waals surface area contributed by atoms with Crippen LogP contribution in [0.15, 0.2) is 0 Å². The molecule has 0 fully saturated rings. The topological polar surface area (TPSA) is 151 Å². The van der Waals surface area contributed by atoms with E-state index >= 15 is 0 Å². The molecule has 4 N–H and O–H groups in total. The number of hydrogen-bond donors (Lipinski definition) is 4. The molecule has 27 heavy (non-hydrogen) atoms. The zero-order chi connectivity index (χ0) is 21.0. The van der Waals surface area contributed by atoms with E-state index in [-0.39, 0.29) is 0 Å². The van der Waals surface area contributed by atoms with Crippen LogP contribution < -0.4 is 16.0 Å². The lowest BCUT2D eigenvalue weighted by Gasteiger charge is -2.24. The van der Waals surface area contributed by atoms with Gasteiger partial charge in [0.2, 0.25) is 18.2 Å². The second kappa shape index (κ2) is 12.2. The van der Waals surface area contributed by atoms with E-state index in [4.69, 9.17) is 9.84 Å². The number of amides is 3. The predicted molar refractivity (Wildman–Crippen MR) is 99.0 cm³/mol. The Kier molecular flexibility index (Phi) is 11.1. The summed E-state index contributed by atoms with van der Waals surface area (Å²) in [4.78, 5) is 57.9. The van der Waals surface area contributed by atoms with Crippen molar-refractivity contribution in [1.82, 2.24) is 16.0 Å². The van der Waals surface area contributed by atoms with E-state index in [0.29, 0.717) is 18.6 Å². The first kappa shape index (κ1) is 24.7. The average Bonchev–Trinajstić information content (AvgIpc) is 2.53. The Labute approximate surface area is 162 Å². The summed E-state index contributed by atoms with van der Waals surface area (Å²) in [5, 5.41) is 15.5. The van der Waals surface area contributed by atoms with E-state index in [1.165, 1.54) is 11.8 Å². The lowest BCUT2D eigenvalue weighted by Crippen LogP contribution is -2.54. The van der Waals surface area contributed by atoms with E-state index in [2.05, 4.69) is 16.0 Å². The first-order valence-corrected chi connectivity index (χ1v) is 9.60. The van der Waals surface area contributed by atoms with E-state index in [1.807, 2.05) is 6.26 Å². The molecule has 0 unspecified atom stereocenters.